The summed E-state index contributed by atoms with van der Waals surface area (Å²) < 4.78 is 0. The van der Waals surface area contributed by atoms with Crippen LogP contribution in [0.25, 0.3) is 0 Å². The molecule has 0 radical (unpaired) electrons. The number of hydrogen-bond donors (Lipinski definition) is 1. The summed E-state index contributed by atoms with van der Waals surface area (Å²) in [5, 5.41) is 12.7. The van der Waals surface area contributed by atoms with Crippen LogP contribution in [-0.2, 0) is 6.42 Å². The first kappa shape index (κ1) is 8.57. The smallest absolute Gasteiger partial charge is 0.0874 e. The van der Waals surface area contributed by atoms with Crippen LogP contribution < -0.4 is 0 Å². The molecule has 0 atom stereocenters. The minimum atomic E-state index is 0.738. The Kier molecular flexibility index (Phi) is 2.00. The summed E-state index contributed by atoms with van der Waals surface area (Å²) in [5.74, 6) is 0. The molecule has 0 spiro atoms. The van der Waals surface area contributed by atoms with Gasteiger partial charge >= 0.3 is 0 Å². The standard InChI is InChI=1S/C10H10ClNO/c1-6-4-7-2-3-10(12-13)8(7)5-9(6)11/h4-5,13H,2-3H2,1H3. The van der Waals surface area contributed by atoms with E-state index in [-0.39, 0.29) is 0 Å². The second-order valence-corrected chi connectivity index (χ2v) is 3.71. The van der Waals surface area contributed by atoms with Crippen LogP contribution in [0.1, 0.15) is 23.1 Å². The van der Waals surface area contributed by atoms with Crippen LogP contribution in [0.4, 0.5) is 0 Å². The van der Waals surface area contributed by atoms with E-state index >= 15 is 0 Å². The van der Waals surface area contributed by atoms with Gasteiger partial charge in [-0.1, -0.05) is 22.8 Å². The molecule has 0 fully saturated rings. The molecule has 1 aliphatic rings. The van der Waals surface area contributed by atoms with Crippen LogP contribution in [0.2, 0.25) is 5.02 Å². The van der Waals surface area contributed by atoms with Crippen molar-refractivity contribution in [2.45, 2.75) is 19.8 Å². The second kappa shape index (κ2) is 3.04. The van der Waals surface area contributed by atoms with Crippen molar-refractivity contribution in [2.75, 3.05) is 0 Å². The van der Waals surface area contributed by atoms with E-state index in [0.29, 0.717) is 0 Å². The Labute approximate surface area is 81.8 Å². The van der Waals surface area contributed by atoms with Crippen LogP contribution in [-0.4, -0.2) is 10.9 Å². The first-order valence-electron chi connectivity index (χ1n) is 4.22. The van der Waals surface area contributed by atoms with Gasteiger partial charge in [0.15, 0.2) is 0 Å². The Morgan fingerprint density at radius 1 is 1.38 bits per heavy atom. The number of halogens is 1. The number of oxime groups is 1. The minimum absolute atomic E-state index is 0.738. The fourth-order valence-corrected chi connectivity index (χ4v) is 1.87. The molecular formula is C10H10ClNO. The summed E-state index contributed by atoms with van der Waals surface area (Å²) in [4.78, 5) is 0. The van der Waals surface area contributed by atoms with Gasteiger partial charge in [0.05, 0.1) is 5.71 Å². The molecule has 0 unspecified atom stereocenters. The number of rotatable bonds is 0. The van der Waals surface area contributed by atoms with E-state index in [1.165, 1.54) is 5.56 Å². The van der Waals surface area contributed by atoms with Crippen molar-refractivity contribution in [3.05, 3.63) is 33.8 Å². The SMILES string of the molecule is Cc1cc2c(cc1Cl)C(=NO)CC2. The average molecular weight is 196 g/mol. The third kappa shape index (κ3) is 1.31. The van der Waals surface area contributed by atoms with Crippen LogP contribution in [0.5, 0.6) is 0 Å². The maximum Gasteiger partial charge on any atom is 0.0874 e. The lowest BCUT2D eigenvalue weighted by Crippen LogP contribution is -1.94. The highest BCUT2D eigenvalue weighted by molar-refractivity contribution is 6.31. The quantitative estimate of drug-likeness (QED) is 0.501. The Morgan fingerprint density at radius 2 is 2.15 bits per heavy atom. The number of nitrogens with zero attached hydrogens (tertiary/aromatic N) is 1. The number of fused-ring (bicyclic) bond motifs is 1. The third-order valence-electron chi connectivity index (χ3n) is 2.45. The molecule has 13 heavy (non-hydrogen) atoms. The number of hydrogen-bond acceptors (Lipinski definition) is 2. The molecule has 3 heteroatoms. The van der Waals surface area contributed by atoms with Crippen molar-refractivity contribution in [3.63, 3.8) is 0 Å². The highest BCUT2D eigenvalue weighted by atomic mass is 35.5. The minimum Gasteiger partial charge on any atom is -0.411 e. The van der Waals surface area contributed by atoms with Crippen LogP contribution in [0.3, 0.4) is 0 Å². The average Bonchev–Trinajstić information content (AvgIpc) is 2.48. The van der Waals surface area contributed by atoms with Gasteiger partial charge in [0.2, 0.25) is 0 Å². The zero-order valence-electron chi connectivity index (χ0n) is 7.34. The normalized spacial score (nSPS) is 17.8. The molecule has 1 N–H and O–H groups in total. The summed E-state index contributed by atoms with van der Waals surface area (Å²) in [6, 6.07) is 3.95. The predicted molar refractivity (Wildman–Crippen MR) is 52.8 cm³/mol. The largest absolute Gasteiger partial charge is 0.411 e. The van der Waals surface area contributed by atoms with Gasteiger partial charge in [0.25, 0.3) is 0 Å². The second-order valence-electron chi connectivity index (χ2n) is 3.31. The molecular weight excluding hydrogens is 186 g/mol. The summed E-state index contributed by atoms with van der Waals surface area (Å²) in [7, 11) is 0. The summed E-state index contributed by atoms with van der Waals surface area (Å²) >= 11 is 5.98. The topological polar surface area (TPSA) is 32.6 Å². The van der Waals surface area contributed by atoms with E-state index in [2.05, 4.69) is 11.2 Å². The molecule has 0 aliphatic heterocycles. The molecule has 0 aromatic heterocycles. The van der Waals surface area contributed by atoms with Crippen LogP contribution >= 0.6 is 11.6 Å². The lowest BCUT2D eigenvalue weighted by Gasteiger charge is -2.02. The van der Waals surface area contributed by atoms with E-state index in [4.69, 9.17) is 16.8 Å². The molecule has 0 saturated carbocycles. The summed E-state index contributed by atoms with van der Waals surface area (Å²) in [5.41, 5.74) is 4.06. The third-order valence-corrected chi connectivity index (χ3v) is 2.85. The Bertz CT molecular complexity index is 385. The van der Waals surface area contributed by atoms with Gasteiger partial charge < -0.3 is 5.21 Å². The molecule has 0 saturated heterocycles. The van der Waals surface area contributed by atoms with Gasteiger partial charge in [0, 0.05) is 10.6 Å². The molecule has 1 aromatic rings. The van der Waals surface area contributed by atoms with Crippen LogP contribution in [0.15, 0.2) is 17.3 Å². The van der Waals surface area contributed by atoms with Gasteiger partial charge in [-0.15, -0.1) is 0 Å². The van der Waals surface area contributed by atoms with E-state index in [1.54, 1.807) is 0 Å². The monoisotopic (exact) mass is 195 g/mol. The van der Waals surface area contributed by atoms with E-state index in [1.807, 2.05) is 13.0 Å². The zero-order chi connectivity index (χ0) is 9.42. The lowest BCUT2D eigenvalue weighted by molar-refractivity contribution is 0.318. The fourth-order valence-electron chi connectivity index (χ4n) is 1.71. The van der Waals surface area contributed by atoms with Gasteiger partial charge in [0.1, 0.15) is 0 Å². The van der Waals surface area contributed by atoms with E-state index in [9.17, 15) is 0 Å². The van der Waals surface area contributed by atoms with Crippen molar-refractivity contribution < 1.29 is 5.21 Å². The molecule has 0 heterocycles. The summed E-state index contributed by atoms with van der Waals surface area (Å²) in [6.07, 6.45) is 1.76. The molecule has 1 aromatic carbocycles. The molecule has 1 aliphatic carbocycles. The van der Waals surface area contributed by atoms with Crippen molar-refractivity contribution in [2.24, 2.45) is 5.16 Å². The lowest BCUT2D eigenvalue weighted by atomic mass is 10.1. The Balaban J connectivity index is 2.60. The molecule has 0 bridgehead atoms. The number of benzene rings is 1. The van der Waals surface area contributed by atoms with Gasteiger partial charge in [-0.2, -0.15) is 0 Å². The summed E-state index contributed by atoms with van der Waals surface area (Å²) in [6.45, 7) is 1.98. The molecule has 68 valence electrons. The first-order valence-corrected chi connectivity index (χ1v) is 4.60. The molecule has 2 nitrogen and oxygen atoms in total. The molecule has 2 rings (SSSR count). The van der Waals surface area contributed by atoms with Crippen LogP contribution in [0, 0.1) is 6.92 Å². The van der Waals surface area contributed by atoms with Gasteiger partial charge in [-0.25, -0.2) is 0 Å². The van der Waals surface area contributed by atoms with Gasteiger partial charge in [-0.05, 0) is 37.0 Å². The Morgan fingerprint density at radius 3 is 2.85 bits per heavy atom. The van der Waals surface area contributed by atoms with Gasteiger partial charge in [-0.3, -0.25) is 0 Å². The maximum atomic E-state index is 8.72. The van der Waals surface area contributed by atoms with Crippen molar-refractivity contribution >= 4 is 17.3 Å². The first-order chi connectivity index (χ1) is 6.22. The highest BCUT2D eigenvalue weighted by Gasteiger charge is 2.19. The fraction of sp³-hybridized carbons (Fsp3) is 0.300. The van der Waals surface area contributed by atoms with Crippen molar-refractivity contribution in [1.29, 1.82) is 0 Å². The highest BCUT2D eigenvalue weighted by Crippen LogP contribution is 2.28. The van der Waals surface area contributed by atoms with Crippen molar-refractivity contribution in [3.8, 4) is 0 Å². The van der Waals surface area contributed by atoms with E-state index in [0.717, 1.165) is 34.7 Å². The maximum absolute atomic E-state index is 8.72. The molecule has 0 amide bonds. The van der Waals surface area contributed by atoms with E-state index < -0.39 is 0 Å². The number of aryl methyl sites for hydroxylation is 2. The van der Waals surface area contributed by atoms with Crippen molar-refractivity contribution in [1.82, 2.24) is 0 Å². The predicted octanol–water partition coefficient (Wildman–Crippen LogP) is 2.77. The zero-order valence-corrected chi connectivity index (χ0v) is 8.10. The Hall–Kier alpha value is -1.02.